The van der Waals surface area contributed by atoms with E-state index in [2.05, 4.69) is 114 Å². The van der Waals surface area contributed by atoms with Crippen molar-refractivity contribution in [3.63, 3.8) is 0 Å². The van der Waals surface area contributed by atoms with Gasteiger partial charge in [-0.2, -0.15) is 0 Å². The fourth-order valence-electron chi connectivity index (χ4n) is 20.2. The second-order valence-corrected chi connectivity index (χ2v) is 43.2. The molecule has 6 unspecified atom stereocenters. The molecule has 0 aliphatic heterocycles. The number of amides is 3. The van der Waals surface area contributed by atoms with Crippen molar-refractivity contribution in [3.05, 3.63) is 0 Å². The van der Waals surface area contributed by atoms with Crippen LogP contribution in [0.3, 0.4) is 0 Å². The first-order chi connectivity index (χ1) is 65.1. The van der Waals surface area contributed by atoms with Crippen LogP contribution in [-0.2, 0) is 71.6 Å². The molecule has 135 heavy (non-hydrogen) atoms. The van der Waals surface area contributed by atoms with Gasteiger partial charge in [-0.25, -0.2) is 0 Å². The van der Waals surface area contributed by atoms with Crippen molar-refractivity contribution in [2.24, 2.45) is 51.8 Å². The Bertz CT molecular complexity index is 2490. The van der Waals surface area contributed by atoms with Crippen LogP contribution in [0.5, 0.6) is 0 Å². The summed E-state index contributed by atoms with van der Waals surface area (Å²) in [6.45, 7) is 46.1. The summed E-state index contributed by atoms with van der Waals surface area (Å²) in [6.07, 6.45) is 58.7. The van der Waals surface area contributed by atoms with E-state index in [0.29, 0.717) is 153 Å². The van der Waals surface area contributed by atoms with E-state index in [1.807, 2.05) is 20.8 Å². The number of rotatable bonds is 96. The number of hydrogen-bond acceptors (Lipinski definition) is 18. The first-order valence-electron chi connectivity index (χ1n) is 57.0. The maximum absolute atomic E-state index is 14.9. The minimum Gasteiger partial charge on any atom is -0.466 e. The van der Waals surface area contributed by atoms with Gasteiger partial charge in [0.1, 0.15) is 0 Å². The monoisotopic (exact) mass is 1910 g/mol. The van der Waals surface area contributed by atoms with E-state index in [4.69, 9.17) is 28.4 Å². The van der Waals surface area contributed by atoms with Gasteiger partial charge in [-0.15, -0.1) is 0 Å². The number of unbranched alkanes of at least 4 members (excludes halogenated alkanes) is 27. The van der Waals surface area contributed by atoms with Crippen LogP contribution >= 0.6 is 0 Å². The second-order valence-electron chi connectivity index (χ2n) is 43.2. The molecule has 0 heterocycles. The van der Waals surface area contributed by atoms with Crippen LogP contribution in [0.25, 0.3) is 0 Å². The zero-order valence-corrected chi connectivity index (χ0v) is 90.7. The predicted molar refractivity (Wildman–Crippen MR) is 558 cm³/mol. The van der Waals surface area contributed by atoms with Crippen molar-refractivity contribution >= 4 is 53.5 Å². The SMILES string of the molecule is CCCC(C)CCOC(=O)CCCCCCN(CCCCCCNC(=O)C1(C)CC(C)(C(=O)NCCCCCCN(CCCCCCC(=O)OCCC(C)CCC)CCCCCCC(=O)OCCC(C)CCC)CC(C)(C(=O)NCCCCCCN(CCCCCCC(=O)OCCC(C)CCC)CCCCCCC(=O)OCCC(C)CCC)C1)CCCCCCC(=O)OCCC(C)CCC. The molecule has 1 aliphatic rings. The van der Waals surface area contributed by atoms with Crippen LogP contribution in [0.15, 0.2) is 0 Å². The molecule has 1 saturated carbocycles. The lowest BCUT2D eigenvalue weighted by Crippen LogP contribution is -2.58. The third kappa shape index (κ3) is 72.9. The molecule has 0 aromatic heterocycles. The van der Waals surface area contributed by atoms with Gasteiger partial charge < -0.3 is 59.1 Å². The van der Waals surface area contributed by atoms with Crippen molar-refractivity contribution in [1.82, 2.24) is 30.7 Å². The molecule has 21 nitrogen and oxygen atoms in total. The Morgan fingerprint density at radius 3 is 0.504 bits per heavy atom. The maximum atomic E-state index is 14.9. The van der Waals surface area contributed by atoms with E-state index < -0.39 is 16.2 Å². The molecule has 0 bridgehead atoms. The number of carbonyl (C=O) groups is 9. The fraction of sp³-hybridized carbons (Fsp3) is 0.921. The van der Waals surface area contributed by atoms with E-state index in [1.165, 1.54) is 0 Å². The topological polar surface area (TPSA) is 255 Å². The van der Waals surface area contributed by atoms with Crippen molar-refractivity contribution < 1.29 is 71.6 Å². The lowest BCUT2D eigenvalue weighted by Gasteiger charge is -2.50. The zero-order chi connectivity index (χ0) is 99.5. The van der Waals surface area contributed by atoms with Crippen LogP contribution in [0.4, 0.5) is 0 Å². The van der Waals surface area contributed by atoms with Gasteiger partial charge in [0, 0.05) is 74.4 Å². The minimum absolute atomic E-state index is 0.0817. The highest BCUT2D eigenvalue weighted by Crippen LogP contribution is 2.55. The summed E-state index contributed by atoms with van der Waals surface area (Å²) in [5.41, 5.74) is -2.95. The highest BCUT2D eigenvalue weighted by molar-refractivity contribution is 5.91. The highest BCUT2D eigenvalue weighted by atomic mass is 16.6. The molecule has 0 spiro atoms. The third-order valence-electron chi connectivity index (χ3n) is 28.6. The molecule has 6 atom stereocenters. The molecule has 0 aromatic carbocycles. The van der Waals surface area contributed by atoms with Crippen LogP contribution in [0, 0.1) is 51.8 Å². The molecule has 21 heteroatoms. The van der Waals surface area contributed by atoms with Gasteiger partial charge in [-0.3, -0.25) is 43.2 Å². The van der Waals surface area contributed by atoms with Gasteiger partial charge in [0.2, 0.25) is 17.7 Å². The summed E-state index contributed by atoms with van der Waals surface area (Å²) in [5.74, 6) is 2.63. The lowest BCUT2D eigenvalue weighted by molar-refractivity contribution is -0.154. The Balaban J connectivity index is 3.25. The highest BCUT2D eigenvalue weighted by Gasteiger charge is 2.57. The van der Waals surface area contributed by atoms with E-state index in [0.717, 1.165) is 406 Å². The Morgan fingerprint density at radius 2 is 0.356 bits per heavy atom. The van der Waals surface area contributed by atoms with Crippen LogP contribution < -0.4 is 16.0 Å². The molecule has 1 rings (SSSR count). The molecule has 3 N–H and O–H groups in total. The summed E-state index contributed by atoms with van der Waals surface area (Å²) in [5, 5.41) is 10.0. The van der Waals surface area contributed by atoms with Crippen LogP contribution in [0.2, 0.25) is 0 Å². The van der Waals surface area contributed by atoms with Crippen molar-refractivity contribution in [2.75, 3.05) is 118 Å². The number of hydrogen-bond donors (Lipinski definition) is 3. The van der Waals surface area contributed by atoms with Crippen LogP contribution in [-0.4, -0.2) is 186 Å². The van der Waals surface area contributed by atoms with Gasteiger partial charge in [-0.1, -0.05) is 296 Å². The van der Waals surface area contributed by atoms with Gasteiger partial charge in [-0.05, 0) is 268 Å². The molecule has 3 amide bonds. The molecule has 792 valence electrons. The summed E-state index contributed by atoms with van der Waals surface area (Å²) >= 11 is 0. The van der Waals surface area contributed by atoms with E-state index >= 15 is 0 Å². The van der Waals surface area contributed by atoms with E-state index in [-0.39, 0.29) is 53.5 Å². The predicted octanol–water partition coefficient (Wildman–Crippen LogP) is 27.0. The Labute approximate surface area is 829 Å². The smallest absolute Gasteiger partial charge is 0.305 e. The van der Waals surface area contributed by atoms with Crippen molar-refractivity contribution in [2.45, 2.75) is 508 Å². The number of ether oxygens (including phenoxy) is 6. The molecule has 0 aromatic rings. The number of nitrogens with zero attached hydrogens (tertiary/aromatic N) is 3. The lowest BCUT2D eigenvalue weighted by atomic mass is 9.53. The van der Waals surface area contributed by atoms with Crippen molar-refractivity contribution in [3.8, 4) is 0 Å². The summed E-state index contributed by atoms with van der Waals surface area (Å²) in [4.78, 5) is 128. The first kappa shape index (κ1) is 128. The molecule has 0 radical (unpaired) electrons. The van der Waals surface area contributed by atoms with E-state index in [9.17, 15) is 43.2 Å². The van der Waals surface area contributed by atoms with Gasteiger partial charge in [0.15, 0.2) is 0 Å². The molecular formula is C114H216N6O15. The summed E-state index contributed by atoms with van der Waals surface area (Å²) in [6, 6.07) is 0. The molecule has 0 saturated heterocycles. The standard InChI is InChI=1S/C114H216N6O15/c1-16-58-97(7)70-88-130-103(121)64-40-22-31-49-79-118(80-50-32-23-41-65-104(122)131-89-71-98(8)59-17-2)85-55-37-28-46-76-115-109(127)112(13)94-113(14,110(128)116-77-47-29-38-56-86-119(81-51-33-24-42-66-105(123)132-90-72-99(9)60-18-3)82-52-34-25-43-67-106(124)133-91-73-100(10)61-19-4)96-114(15,95-112)111(129)117-78-48-30-39-57-87-120(83-53-35-26-44-68-107(125)134-92-74-101(11)62-20-5)84-54-36-27-45-69-108(126)135-93-75-102(12)63-21-6/h97-102H,16-96H2,1-15H3,(H,115,127)(H,116,128)(H,117,129). The molecule has 1 aliphatic carbocycles. The average Bonchev–Trinajstić information content (AvgIpc) is 0.740. The third-order valence-corrected chi connectivity index (χ3v) is 28.6. The number of nitrogens with one attached hydrogen (secondary N) is 3. The Kier molecular flexibility index (Phi) is 81.5. The van der Waals surface area contributed by atoms with Gasteiger partial charge >= 0.3 is 35.8 Å². The zero-order valence-electron chi connectivity index (χ0n) is 90.7. The molecular weight excluding hydrogens is 1690 g/mol. The van der Waals surface area contributed by atoms with E-state index in [1.54, 1.807) is 0 Å². The van der Waals surface area contributed by atoms with Crippen LogP contribution in [0.1, 0.15) is 508 Å². The quantitative estimate of drug-likeness (QED) is 0.0291. The second kappa shape index (κ2) is 85.8. The summed E-state index contributed by atoms with van der Waals surface area (Å²) < 4.78 is 33.4. The maximum Gasteiger partial charge on any atom is 0.305 e. The summed E-state index contributed by atoms with van der Waals surface area (Å²) in [7, 11) is 0. The van der Waals surface area contributed by atoms with Crippen molar-refractivity contribution in [1.29, 1.82) is 0 Å². The van der Waals surface area contributed by atoms with Gasteiger partial charge in [0.05, 0.1) is 39.6 Å². The molecule has 1 fully saturated rings. The fourth-order valence-corrected chi connectivity index (χ4v) is 20.2. The number of carbonyl (C=O) groups excluding carboxylic acids is 9. The largest absolute Gasteiger partial charge is 0.466 e. The minimum atomic E-state index is -0.984. The first-order valence-corrected chi connectivity index (χ1v) is 57.0. The normalized spacial score (nSPS) is 16.9. The number of esters is 6. The average molecular weight is 1910 g/mol. The Morgan fingerprint density at radius 1 is 0.215 bits per heavy atom. The Hall–Kier alpha value is -4.89. The van der Waals surface area contributed by atoms with Gasteiger partial charge in [0.25, 0.3) is 0 Å².